The molecule has 0 aromatic heterocycles. The fourth-order valence-corrected chi connectivity index (χ4v) is 2.14. The van der Waals surface area contributed by atoms with E-state index in [2.05, 4.69) is 5.32 Å². The van der Waals surface area contributed by atoms with Gasteiger partial charge in [0.15, 0.2) is 0 Å². The van der Waals surface area contributed by atoms with Gasteiger partial charge in [-0.15, -0.1) is 0 Å². The number of benzene rings is 2. The SMILES string of the molecule is NC(=O)Cc1ccccc1NC(=O)C=Cc1ccc(F)cc1[N+](=O)[O-]. The first-order valence-corrected chi connectivity index (χ1v) is 7.16. The maximum Gasteiger partial charge on any atom is 0.279 e. The lowest BCUT2D eigenvalue weighted by atomic mass is 10.1. The lowest BCUT2D eigenvalue weighted by Gasteiger charge is -2.08. The molecular formula is C17H14FN3O4. The Kier molecular flexibility index (Phi) is 5.57. The third-order valence-electron chi connectivity index (χ3n) is 3.24. The number of amides is 2. The summed E-state index contributed by atoms with van der Waals surface area (Å²) in [6.45, 7) is 0. The van der Waals surface area contributed by atoms with Crippen LogP contribution in [0, 0.1) is 15.9 Å². The van der Waals surface area contributed by atoms with Crippen molar-refractivity contribution in [3.63, 3.8) is 0 Å². The lowest BCUT2D eigenvalue weighted by molar-refractivity contribution is -0.385. The van der Waals surface area contributed by atoms with Crippen molar-refractivity contribution in [2.45, 2.75) is 6.42 Å². The second-order valence-electron chi connectivity index (χ2n) is 5.08. The zero-order chi connectivity index (χ0) is 18.4. The molecule has 0 saturated heterocycles. The van der Waals surface area contributed by atoms with Gasteiger partial charge in [-0.05, 0) is 29.8 Å². The van der Waals surface area contributed by atoms with Gasteiger partial charge in [-0.2, -0.15) is 0 Å². The molecule has 2 amide bonds. The standard InChI is InChI=1S/C17H14FN3O4/c18-13-7-5-11(15(10-13)21(24)25)6-8-17(23)20-14-4-2-1-3-12(14)9-16(19)22/h1-8,10H,9H2,(H2,19,22)(H,20,23). The van der Waals surface area contributed by atoms with E-state index in [0.717, 1.165) is 18.2 Å². The Hall–Kier alpha value is -3.55. The Morgan fingerprint density at radius 3 is 2.64 bits per heavy atom. The van der Waals surface area contributed by atoms with Gasteiger partial charge in [0.25, 0.3) is 5.69 Å². The Morgan fingerprint density at radius 1 is 1.24 bits per heavy atom. The van der Waals surface area contributed by atoms with Crippen LogP contribution in [0.2, 0.25) is 0 Å². The maximum atomic E-state index is 13.1. The van der Waals surface area contributed by atoms with Crippen molar-refractivity contribution in [1.82, 2.24) is 0 Å². The van der Waals surface area contributed by atoms with Crippen molar-refractivity contribution in [3.05, 3.63) is 75.6 Å². The van der Waals surface area contributed by atoms with Crippen molar-refractivity contribution in [2.75, 3.05) is 5.32 Å². The van der Waals surface area contributed by atoms with E-state index in [0.29, 0.717) is 11.3 Å². The molecule has 0 aliphatic rings. The van der Waals surface area contributed by atoms with Gasteiger partial charge in [0.1, 0.15) is 5.82 Å². The summed E-state index contributed by atoms with van der Waals surface area (Å²) in [6.07, 6.45) is 2.26. The number of nitro groups is 1. The predicted octanol–water partition coefficient (Wildman–Crippen LogP) is 2.41. The molecule has 7 nitrogen and oxygen atoms in total. The minimum absolute atomic E-state index is 0.0381. The topological polar surface area (TPSA) is 115 Å². The van der Waals surface area contributed by atoms with Gasteiger partial charge in [-0.3, -0.25) is 19.7 Å². The van der Waals surface area contributed by atoms with Crippen molar-refractivity contribution in [1.29, 1.82) is 0 Å². The molecular weight excluding hydrogens is 329 g/mol. The molecule has 0 atom stereocenters. The fraction of sp³-hybridized carbons (Fsp3) is 0.0588. The number of hydrogen-bond donors (Lipinski definition) is 2. The van der Waals surface area contributed by atoms with Crippen LogP contribution in [0.25, 0.3) is 6.08 Å². The number of hydrogen-bond acceptors (Lipinski definition) is 4. The molecule has 0 heterocycles. The first kappa shape index (κ1) is 17.8. The third kappa shape index (κ3) is 4.96. The van der Waals surface area contributed by atoms with Gasteiger partial charge >= 0.3 is 0 Å². The molecule has 2 aromatic rings. The summed E-state index contributed by atoms with van der Waals surface area (Å²) in [4.78, 5) is 33.2. The van der Waals surface area contributed by atoms with Gasteiger partial charge in [-0.1, -0.05) is 18.2 Å². The largest absolute Gasteiger partial charge is 0.369 e. The number of nitro benzene ring substituents is 1. The second kappa shape index (κ2) is 7.82. The van der Waals surface area contributed by atoms with Crippen LogP contribution in [0.1, 0.15) is 11.1 Å². The first-order valence-electron chi connectivity index (χ1n) is 7.16. The van der Waals surface area contributed by atoms with Gasteiger partial charge in [0, 0.05) is 11.8 Å². The van der Waals surface area contributed by atoms with Gasteiger partial charge in [0.05, 0.1) is 23.0 Å². The highest BCUT2D eigenvalue weighted by atomic mass is 19.1. The number of carbonyl (C=O) groups excluding carboxylic acids is 2. The first-order chi connectivity index (χ1) is 11.9. The van der Waals surface area contributed by atoms with Gasteiger partial charge < -0.3 is 11.1 Å². The molecule has 25 heavy (non-hydrogen) atoms. The molecule has 0 fully saturated rings. The number of para-hydroxylation sites is 1. The second-order valence-corrected chi connectivity index (χ2v) is 5.08. The zero-order valence-electron chi connectivity index (χ0n) is 12.9. The molecule has 128 valence electrons. The maximum absolute atomic E-state index is 13.1. The van der Waals surface area contributed by atoms with Crippen LogP contribution >= 0.6 is 0 Å². The number of rotatable bonds is 6. The van der Waals surface area contributed by atoms with E-state index in [1.807, 2.05) is 0 Å². The minimum Gasteiger partial charge on any atom is -0.369 e. The van der Waals surface area contributed by atoms with Crippen molar-refractivity contribution >= 4 is 29.3 Å². The molecule has 0 bridgehead atoms. The summed E-state index contributed by atoms with van der Waals surface area (Å²) in [5.74, 6) is -1.84. The van der Waals surface area contributed by atoms with E-state index < -0.39 is 28.2 Å². The molecule has 0 spiro atoms. The number of nitrogens with one attached hydrogen (secondary N) is 1. The summed E-state index contributed by atoms with van der Waals surface area (Å²) in [7, 11) is 0. The van der Waals surface area contributed by atoms with E-state index in [4.69, 9.17) is 5.73 Å². The number of carbonyl (C=O) groups is 2. The Labute approximate surface area is 142 Å². The van der Waals surface area contributed by atoms with Crippen LogP contribution in [-0.4, -0.2) is 16.7 Å². The predicted molar refractivity (Wildman–Crippen MR) is 90.1 cm³/mol. The summed E-state index contributed by atoms with van der Waals surface area (Å²) in [6, 6.07) is 9.67. The minimum atomic E-state index is -0.742. The van der Waals surface area contributed by atoms with Gasteiger partial charge in [-0.25, -0.2) is 4.39 Å². The van der Waals surface area contributed by atoms with Crippen molar-refractivity contribution in [2.24, 2.45) is 5.73 Å². The highest BCUT2D eigenvalue weighted by Gasteiger charge is 2.13. The average molecular weight is 343 g/mol. The molecule has 0 aliphatic heterocycles. The normalized spacial score (nSPS) is 10.6. The van der Waals surface area contributed by atoms with E-state index in [1.54, 1.807) is 24.3 Å². The van der Waals surface area contributed by atoms with Crippen LogP contribution < -0.4 is 11.1 Å². The van der Waals surface area contributed by atoms with Crippen LogP contribution in [0.5, 0.6) is 0 Å². The molecule has 0 saturated carbocycles. The Bertz CT molecular complexity index is 865. The van der Waals surface area contributed by atoms with Crippen LogP contribution in [0.4, 0.5) is 15.8 Å². The number of nitrogens with zero attached hydrogens (tertiary/aromatic N) is 1. The van der Waals surface area contributed by atoms with Crippen LogP contribution in [0.15, 0.2) is 48.5 Å². The monoisotopic (exact) mass is 343 g/mol. The average Bonchev–Trinajstić information content (AvgIpc) is 2.55. The van der Waals surface area contributed by atoms with Crippen LogP contribution in [0.3, 0.4) is 0 Å². The summed E-state index contributed by atoms with van der Waals surface area (Å²) >= 11 is 0. The molecule has 0 unspecified atom stereocenters. The molecule has 2 aromatic carbocycles. The molecule has 0 radical (unpaired) electrons. The van der Waals surface area contributed by atoms with Crippen molar-refractivity contribution < 1.29 is 18.9 Å². The number of primary amides is 1. The molecule has 3 N–H and O–H groups in total. The summed E-state index contributed by atoms with van der Waals surface area (Å²) in [5.41, 5.74) is 5.75. The van der Waals surface area contributed by atoms with Crippen molar-refractivity contribution in [3.8, 4) is 0 Å². The summed E-state index contributed by atoms with van der Waals surface area (Å²) in [5, 5.41) is 13.5. The van der Waals surface area contributed by atoms with E-state index >= 15 is 0 Å². The molecule has 2 rings (SSSR count). The van der Waals surface area contributed by atoms with Crippen LogP contribution in [-0.2, 0) is 16.0 Å². The number of nitrogens with two attached hydrogens (primary N) is 1. The highest BCUT2D eigenvalue weighted by molar-refractivity contribution is 6.03. The molecule has 8 heteroatoms. The smallest absolute Gasteiger partial charge is 0.279 e. The van der Waals surface area contributed by atoms with E-state index in [9.17, 15) is 24.1 Å². The Morgan fingerprint density at radius 2 is 1.96 bits per heavy atom. The lowest BCUT2D eigenvalue weighted by Crippen LogP contribution is -2.16. The Balaban J connectivity index is 2.18. The number of anilines is 1. The zero-order valence-corrected chi connectivity index (χ0v) is 12.9. The van der Waals surface area contributed by atoms with E-state index in [1.165, 1.54) is 12.1 Å². The third-order valence-corrected chi connectivity index (χ3v) is 3.24. The fourth-order valence-electron chi connectivity index (χ4n) is 2.14. The van der Waals surface area contributed by atoms with E-state index in [-0.39, 0.29) is 12.0 Å². The van der Waals surface area contributed by atoms with Gasteiger partial charge in [0.2, 0.25) is 11.8 Å². The highest BCUT2D eigenvalue weighted by Crippen LogP contribution is 2.21. The summed E-state index contributed by atoms with van der Waals surface area (Å²) < 4.78 is 13.1. The molecule has 0 aliphatic carbocycles. The number of halogens is 1. The quantitative estimate of drug-likeness (QED) is 0.476.